The molecule has 0 radical (unpaired) electrons. The maximum Gasteiger partial charge on any atom is 0.260 e. The van der Waals surface area contributed by atoms with Gasteiger partial charge in [0, 0.05) is 40.8 Å². The molecule has 0 aliphatic heterocycles. The summed E-state index contributed by atoms with van der Waals surface area (Å²) in [6.45, 7) is 4.80. The van der Waals surface area contributed by atoms with E-state index in [1.165, 1.54) is 49.8 Å². The maximum atomic E-state index is 14.8. The molecule has 15 heteroatoms. The van der Waals surface area contributed by atoms with E-state index in [4.69, 9.17) is 22.3 Å². The number of phenols is 1. The maximum absolute atomic E-state index is 14.8. The van der Waals surface area contributed by atoms with Crippen LogP contribution >= 0.6 is 11.6 Å². The van der Waals surface area contributed by atoms with E-state index in [0.717, 1.165) is 6.07 Å². The van der Waals surface area contributed by atoms with Gasteiger partial charge in [-0.3, -0.25) is 9.48 Å². The molecule has 5 N–H and O–H groups in total. The first-order valence-corrected chi connectivity index (χ1v) is 18.2. The smallest absolute Gasteiger partial charge is 0.260 e. The lowest BCUT2D eigenvalue weighted by Gasteiger charge is -2.25. The second-order valence-corrected chi connectivity index (χ2v) is 15.4. The van der Waals surface area contributed by atoms with Crippen LogP contribution in [0.15, 0.2) is 65.7 Å². The number of hydrogen-bond acceptors (Lipinski definition) is 7. The summed E-state index contributed by atoms with van der Waals surface area (Å²) in [6.07, 6.45) is -0.215. The third kappa shape index (κ3) is 7.34. The van der Waals surface area contributed by atoms with Crippen molar-refractivity contribution in [2.24, 2.45) is 12.8 Å². The van der Waals surface area contributed by atoms with Gasteiger partial charge < -0.3 is 20.5 Å². The molecule has 1 amide bonds. The number of rotatable bonds is 9. The summed E-state index contributed by atoms with van der Waals surface area (Å²) in [5, 5.41) is 25.8. The van der Waals surface area contributed by atoms with Crippen molar-refractivity contribution in [2.45, 2.75) is 50.3 Å². The van der Waals surface area contributed by atoms with E-state index in [9.17, 15) is 32.2 Å². The van der Waals surface area contributed by atoms with Crippen LogP contribution in [0.5, 0.6) is 5.75 Å². The van der Waals surface area contributed by atoms with Crippen molar-refractivity contribution >= 4 is 49.3 Å². The summed E-state index contributed by atoms with van der Waals surface area (Å²) in [6, 6.07) is 13.6. The van der Waals surface area contributed by atoms with Gasteiger partial charge in [0.05, 0.1) is 34.1 Å². The zero-order valence-corrected chi connectivity index (χ0v) is 30.9. The minimum absolute atomic E-state index is 0.0416. The number of amides is 1. The van der Waals surface area contributed by atoms with Gasteiger partial charge in [-0.2, -0.15) is 5.10 Å². The molecule has 0 spiro atoms. The quantitative estimate of drug-likeness (QED) is 0.143. The molecular weight excluding hydrogens is 726 g/mol. The predicted octanol–water partition coefficient (Wildman–Crippen LogP) is 5.43. The number of aromatic hydroxyl groups is 1. The van der Waals surface area contributed by atoms with Crippen LogP contribution in [0.25, 0.3) is 32.9 Å². The number of primary amides is 1. The summed E-state index contributed by atoms with van der Waals surface area (Å²) in [4.78, 5) is 17.3. The molecule has 0 bridgehead atoms. The van der Waals surface area contributed by atoms with Crippen LogP contribution in [-0.4, -0.2) is 56.5 Å². The number of halogens is 3. The van der Waals surface area contributed by atoms with Crippen LogP contribution in [0, 0.1) is 30.4 Å². The fourth-order valence-electron chi connectivity index (χ4n) is 6.65. The van der Waals surface area contributed by atoms with Crippen molar-refractivity contribution in [1.29, 1.82) is 0 Å². The van der Waals surface area contributed by atoms with Crippen molar-refractivity contribution in [3.8, 4) is 28.7 Å². The molecule has 3 aromatic heterocycles. The lowest BCUT2D eigenvalue weighted by Crippen LogP contribution is -2.20. The number of aromatic nitrogens is 4. The van der Waals surface area contributed by atoms with Gasteiger partial charge in [-0.15, -0.1) is 0 Å². The van der Waals surface area contributed by atoms with Crippen molar-refractivity contribution < 1.29 is 32.2 Å². The van der Waals surface area contributed by atoms with Crippen LogP contribution in [0.1, 0.15) is 48.1 Å². The molecule has 3 aromatic carbocycles. The molecule has 0 fully saturated rings. The van der Waals surface area contributed by atoms with Gasteiger partial charge in [-0.25, -0.2) is 26.9 Å². The fraction of sp³-hybridized carbons (Fsp3) is 0.237. The molecule has 274 valence electrons. The second kappa shape index (κ2) is 13.9. The molecule has 1 atom stereocenters. The minimum atomic E-state index is -4.07. The Morgan fingerprint density at radius 3 is 2.40 bits per heavy atom. The van der Waals surface area contributed by atoms with Gasteiger partial charge in [-0.1, -0.05) is 23.6 Å². The SMILES string of the molecule is CNS(=O)(=O)c1nn(C)c2c(-c3ccc(C#CC(C)(C)O)nc3[C@H](Cc3cc(F)cc(F)c3)n3c(C)c(CC(N)=O)c4cc(O)ccc43)ccc(Cl)c12. The average Bonchev–Trinajstić information content (AvgIpc) is 3.56. The van der Waals surface area contributed by atoms with Crippen molar-refractivity contribution in [2.75, 3.05) is 7.05 Å². The summed E-state index contributed by atoms with van der Waals surface area (Å²) < 4.78 is 61.3. The van der Waals surface area contributed by atoms with Gasteiger partial charge in [0.2, 0.25) is 10.9 Å². The number of nitrogens with zero attached hydrogens (tertiary/aromatic N) is 4. The highest BCUT2D eigenvalue weighted by Gasteiger charge is 2.30. The largest absolute Gasteiger partial charge is 0.508 e. The van der Waals surface area contributed by atoms with Crippen LogP contribution < -0.4 is 10.5 Å². The highest BCUT2D eigenvalue weighted by molar-refractivity contribution is 7.89. The number of phenolic OH excluding ortho intramolecular Hbond substituents is 1. The molecule has 0 saturated carbocycles. The van der Waals surface area contributed by atoms with E-state index in [1.807, 2.05) is 4.57 Å². The van der Waals surface area contributed by atoms with Gasteiger partial charge in [-0.05, 0) is 99.8 Å². The lowest BCUT2D eigenvalue weighted by molar-refractivity contribution is -0.117. The molecule has 6 rings (SSSR count). The first kappa shape index (κ1) is 37.4. The average molecular weight is 761 g/mol. The third-order valence-corrected chi connectivity index (χ3v) is 10.5. The number of benzene rings is 3. The first-order chi connectivity index (χ1) is 24.9. The van der Waals surface area contributed by atoms with Crippen molar-refractivity contribution in [1.82, 2.24) is 24.1 Å². The highest BCUT2D eigenvalue weighted by Crippen LogP contribution is 2.42. The Kier molecular flexibility index (Phi) is 9.82. The number of pyridine rings is 1. The van der Waals surface area contributed by atoms with E-state index < -0.39 is 39.2 Å². The molecule has 0 unspecified atom stereocenters. The summed E-state index contributed by atoms with van der Waals surface area (Å²) in [5.41, 5.74) is 8.11. The number of carbonyl (C=O) groups excluding carboxylic acids is 1. The van der Waals surface area contributed by atoms with E-state index in [2.05, 4.69) is 21.7 Å². The topological polar surface area (TPSA) is 165 Å². The number of hydrogen-bond donors (Lipinski definition) is 4. The highest BCUT2D eigenvalue weighted by atomic mass is 35.5. The molecule has 53 heavy (non-hydrogen) atoms. The minimum Gasteiger partial charge on any atom is -0.508 e. The van der Waals surface area contributed by atoms with Gasteiger partial charge in [0.15, 0.2) is 0 Å². The van der Waals surface area contributed by atoms with Gasteiger partial charge in [0.25, 0.3) is 10.0 Å². The van der Waals surface area contributed by atoms with E-state index >= 15 is 0 Å². The van der Waals surface area contributed by atoms with Crippen LogP contribution in [0.4, 0.5) is 8.78 Å². The number of sulfonamides is 1. The standard InChI is InChI=1S/C38H35ClF2N6O5S/c1-20-28(19-33(42)49)29-18-25(48)7-11-31(29)47(20)32(16-21-14-22(40)17-23(41)15-21)35-26(8-6-24(44-35)12-13-38(2,3)50)27-9-10-30(39)34-36(27)46(5)45-37(34)53(51,52)43-4/h6-11,14-15,17-18,32,43,48,50H,16,19H2,1-5H3,(H2,42,49)/t32-/m0/s1. The van der Waals surface area contributed by atoms with Crippen molar-refractivity contribution in [3.05, 3.63) is 106 Å². The van der Waals surface area contributed by atoms with Crippen LogP contribution in [0.3, 0.4) is 0 Å². The number of aryl methyl sites for hydroxylation is 1. The van der Waals surface area contributed by atoms with Crippen molar-refractivity contribution in [3.63, 3.8) is 0 Å². The fourth-order valence-corrected chi connectivity index (χ4v) is 7.84. The number of nitrogens with two attached hydrogens (primary N) is 1. The Hall–Kier alpha value is -5.33. The second-order valence-electron chi connectivity index (χ2n) is 13.2. The van der Waals surface area contributed by atoms with Crippen LogP contribution in [-0.2, 0) is 34.7 Å². The molecular formula is C38H35ClF2N6O5S. The van der Waals surface area contributed by atoms with Crippen LogP contribution in [0.2, 0.25) is 5.02 Å². The summed E-state index contributed by atoms with van der Waals surface area (Å²) >= 11 is 6.65. The molecule has 0 aliphatic carbocycles. The third-order valence-electron chi connectivity index (χ3n) is 8.83. The Bertz CT molecular complexity index is 2620. The van der Waals surface area contributed by atoms with Gasteiger partial charge in [0.1, 0.15) is 28.7 Å². The molecule has 3 heterocycles. The Labute approximate surface area is 309 Å². The Morgan fingerprint density at radius 1 is 1.08 bits per heavy atom. The number of carbonyl (C=O) groups is 1. The number of nitrogens with one attached hydrogen (secondary N) is 1. The van der Waals surface area contributed by atoms with E-state index in [-0.39, 0.29) is 45.3 Å². The Balaban J connectivity index is 1.76. The normalized spacial score (nSPS) is 12.6. The summed E-state index contributed by atoms with van der Waals surface area (Å²) in [7, 11) is -1.23. The number of aliphatic hydroxyl groups is 1. The number of fused-ring (bicyclic) bond motifs is 2. The monoisotopic (exact) mass is 760 g/mol. The molecule has 0 saturated heterocycles. The molecule has 0 aliphatic rings. The predicted molar refractivity (Wildman–Crippen MR) is 198 cm³/mol. The lowest BCUT2D eigenvalue weighted by atomic mass is 9.93. The zero-order valence-electron chi connectivity index (χ0n) is 29.3. The van der Waals surface area contributed by atoms with Gasteiger partial charge >= 0.3 is 0 Å². The zero-order chi connectivity index (χ0) is 38.6. The summed E-state index contributed by atoms with van der Waals surface area (Å²) in [5.74, 6) is 3.42. The van der Waals surface area contributed by atoms with E-state index in [0.29, 0.717) is 44.5 Å². The molecule has 6 aromatic rings. The Morgan fingerprint density at radius 2 is 1.75 bits per heavy atom. The first-order valence-electron chi connectivity index (χ1n) is 16.3. The molecule has 11 nitrogen and oxygen atoms in total. The van der Waals surface area contributed by atoms with E-state index in [1.54, 1.807) is 44.3 Å².